The van der Waals surface area contributed by atoms with Crippen LogP contribution in [-0.4, -0.2) is 11.9 Å². The fraction of sp³-hybridized carbons (Fsp3) is 0.273. The third-order valence-corrected chi connectivity index (χ3v) is 1.76. The summed E-state index contributed by atoms with van der Waals surface area (Å²) in [4.78, 5) is 0. The lowest BCUT2D eigenvalue weighted by Crippen LogP contribution is -1.92. The highest BCUT2D eigenvalue weighted by atomic mass is 79.9. The van der Waals surface area contributed by atoms with Crippen molar-refractivity contribution in [2.75, 3.05) is 11.9 Å². The molecular weight excluding hydrogens is 247 g/mol. The molecule has 0 aromatic heterocycles. The normalized spacial score (nSPS) is 9.07. The van der Waals surface area contributed by atoms with Gasteiger partial charge in [0.15, 0.2) is 0 Å². The number of rotatable bonds is 2. The van der Waals surface area contributed by atoms with E-state index in [-0.39, 0.29) is 5.82 Å². The van der Waals surface area contributed by atoms with E-state index >= 15 is 0 Å². The van der Waals surface area contributed by atoms with Crippen LogP contribution in [0.25, 0.3) is 0 Å². The summed E-state index contributed by atoms with van der Waals surface area (Å²) >= 11 is 3.18. The Morgan fingerprint density at radius 2 is 2.21 bits per heavy atom. The van der Waals surface area contributed by atoms with Crippen LogP contribution in [0.2, 0.25) is 0 Å². The molecule has 1 nitrogen and oxygen atoms in total. The first kappa shape index (κ1) is 11.1. The van der Waals surface area contributed by atoms with Gasteiger partial charge in [-0.1, -0.05) is 27.8 Å². The first-order valence-electron chi connectivity index (χ1n) is 4.24. The van der Waals surface area contributed by atoms with E-state index in [4.69, 9.17) is 4.74 Å². The van der Waals surface area contributed by atoms with E-state index in [0.717, 1.165) is 0 Å². The predicted octanol–water partition coefficient (Wildman–Crippen LogP) is 2.97. The summed E-state index contributed by atoms with van der Waals surface area (Å²) in [7, 11) is 0. The molecule has 1 aromatic carbocycles. The van der Waals surface area contributed by atoms with Gasteiger partial charge in [-0.15, -0.1) is 0 Å². The topological polar surface area (TPSA) is 9.23 Å². The van der Waals surface area contributed by atoms with E-state index in [1.54, 1.807) is 6.07 Å². The largest absolute Gasteiger partial charge is 0.494 e. The minimum absolute atomic E-state index is 0.324. The Kier molecular flexibility index (Phi) is 4.48. The fourth-order valence-corrected chi connectivity index (χ4v) is 1.16. The van der Waals surface area contributed by atoms with Gasteiger partial charge >= 0.3 is 0 Å². The average molecular weight is 257 g/mol. The van der Waals surface area contributed by atoms with Crippen molar-refractivity contribution in [1.29, 1.82) is 0 Å². The second-order valence-corrected chi connectivity index (χ2v) is 3.10. The molecule has 0 fully saturated rings. The number of alkyl halides is 1. The molecule has 0 bridgehead atoms. The van der Waals surface area contributed by atoms with Crippen molar-refractivity contribution in [3.63, 3.8) is 0 Å². The van der Waals surface area contributed by atoms with Crippen LogP contribution in [0.1, 0.15) is 12.5 Å². The van der Waals surface area contributed by atoms with E-state index in [1.807, 2.05) is 6.92 Å². The molecule has 0 saturated carbocycles. The highest BCUT2D eigenvalue weighted by Crippen LogP contribution is 2.15. The van der Waals surface area contributed by atoms with Gasteiger partial charge < -0.3 is 4.74 Å². The summed E-state index contributed by atoms with van der Waals surface area (Å²) < 4.78 is 18.2. The zero-order valence-electron chi connectivity index (χ0n) is 7.81. The first-order valence-corrected chi connectivity index (χ1v) is 5.36. The van der Waals surface area contributed by atoms with Crippen molar-refractivity contribution in [2.45, 2.75) is 6.92 Å². The molecule has 0 unspecified atom stereocenters. The van der Waals surface area contributed by atoms with Crippen LogP contribution < -0.4 is 4.74 Å². The molecule has 14 heavy (non-hydrogen) atoms. The Hall–Kier alpha value is -1.01. The second-order valence-electron chi connectivity index (χ2n) is 2.54. The quantitative estimate of drug-likeness (QED) is 0.584. The minimum Gasteiger partial charge on any atom is -0.494 e. The molecule has 0 aliphatic carbocycles. The Morgan fingerprint density at radius 3 is 2.86 bits per heavy atom. The van der Waals surface area contributed by atoms with Crippen LogP contribution in [0, 0.1) is 17.7 Å². The van der Waals surface area contributed by atoms with Crippen molar-refractivity contribution in [2.24, 2.45) is 0 Å². The van der Waals surface area contributed by atoms with Crippen LogP contribution in [0.15, 0.2) is 18.2 Å². The van der Waals surface area contributed by atoms with Gasteiger partial charge in [-0.05, 0) is 19.1 Å². The standard InChI is InChI=1S/C11H10BrFO/c1-2-14-11-7-9(4-3-5-12)6-10(13)8-11/h6-8H,2,5H2,1H3. The Balaban J connectivity index is 2.94. The van der Waals surface area contributed by atoms with E-state index in [2.05, 4.69) is 27.8 Å². The maximum Gasteiger partial charge on any atom is 0.128 e. The van der Waals surface area contributed by atoms with Gasteiger partial charge in [-0.25, -0.2) is 4.39 Å². The van der Waals surface area contributed by atoms with E-state index < -0.39 is 0 Å². The van der Waals surface area contributed by atoms with Crippen molar-refractivity contribution in [3.05, 3.63) is 29.6 Å². The summed E-state index contributed by atoms with van der Waals surface area (Å²) in [5.74, 6) is 5.82. The number of benzene rings is 1. The van der Waals surface area contributed by atoms with Crippen LogP contribution in [0.3, 0.4) is 0 Å². The number of ether oxygens (including phenoxy) is 1. The number of halogens is 2. The third-order valence-electron chi connectivity index (χ3n) is 1.48. The average Bonchev–Trinajstić information content (AvgIpc) is 2.14. The lowest BCUT2D eigenvalue weighted by Gasteiger charge is -2.02. The smallest absolute Gasteiger partial charge is 0.128 e. The Labute approximate surface area is 91.4 Å². The van der Waals surface area contributed by atoms with Crippen LogP contribution in [0.5, 0.6) is 5.75 Å². The molecule has 0 saturated heterocycles. The van der Waals surface area contributed by atoms with Crippen molar-refractivity contribution in [1.82, 2.24) is 0 Å². The second kappa shape index (κ2) is 5.66. The molecular formula is C11H10BrFO. The minimum atomic E-state index is -0.324. The van der Waals surface area contributed by atoms with Gasteiger partial charge in [0.2, 0.25) is 0 Å². The first-order chi connectivity index (χ1) is 6.76. The maximum absolute atomic E-state index is 13.0. The molecule has 1 aromatic rings. The summed E-state index contributed by atoms with van der Waals surface area (Å²) in [5, 5.41) is 0.577. The molecule has 0 radical (unpaired) electrons. The third kappa shape index (κ3) is 3.39. The molecule has 0 aliphatic rings. The van der Waals surface area contributed by atoms with Gasteiger partial charge in [0.25, 0.3) is 0 Å². The van der Waals surface area contributed by atoms with Crippen molar-refractivity contribution in [3.8, 4) is 17.6 Å². The SMILES string of the molecule is CCOc1cc(F)cc(C#CCBr)c1. The number of hydrogen-bond acceptors (Lipinski definition) is 1. The summed E-state index contributed by atoms with van der Waals surface area (Å²) in [6.45, 7) is 2.38. The Morgan fingerprint density at radius 1 is 1.43 bits per heavy atom. The van der Waals surface area contributed by atoms with Gasteiger partial charge in [-0.2, -0.15) is 0 Å². The van der Waals surface area contributed by atoms with E-state index in [1.165, 1.54) is 12.1 Å². The molecule has 0 amide bonds. The van der Waals surface area contributed by atoms with Gasteiger partial charge in [0.1, 0.15) is 11.6 Å². The zero-order chi connectivity index (χ0) is 10.4. The molecule has 0 atom stereocenters. The lowest BCUT2D eigenvalue weighted by atomic mass is 10.2. The molecule has 0 heterocycles. The maximum atomic E-state index is 13.0. The van der Waals surface area contributed by atoms with E-state index in [0.29, 0.717) is 23.2 Å². The van der Waals surface area contributed by atoms with Crippen LogP contribution in [-0.2, 0) is 0 Å². The van der Waals surface area contributed by atoms with Crippen LogP contribution >= 0.6 is 15.9 Å². The Bertz CT molecular complexity index is 365. The molecule has 74 valence electrons. The van der Waals surface area contributed by atoms with Crippen LogP contribution in [0.4, 0.5) is 4.39 Å². The predicted molar refractivity (Wildman–Crippen MR) is 58.2 cm³/mol. The zero-order valence-corrected chi connectivity index (χ0v) is 9.40. The molecule has 0 spiro atoms. The fourth-order valence-electron chi connectivity index (χ4n) is 1.02. The lowest BCUT2D eigenvalue weighted by molar-refractivity contribution is 0.338. The van der Waals surface area contributed by atoms with Gasteiger partial charge in [0.05, 0.1) is 11.9 Å². The van der Waals surface area contributed by atoms with Gasteiger partial charge in [-0.3, -0.25) is 0 Å². The highest BCUT2D eigenvalue weighted by molar-refractivity contribution is 9.09. The summed E-state index contributed by atoms with van der Waals surface area (Å²) in [5.41, 5.74) is 0.632. The number of hydrogen-bond donors (Lipinski definition) is 0. The van der Waals surface area contributed by atoms with Crippen molar-refractivity contribution >= 4 is 15.9 Å². The van der Waals surface area contributed by atoms with Gasteiger partial charge in [0, 0.05) is 11.6 Å². The highest BCUT2D eigenvalue weighted by Gasteiger charge is 1.98. The summed E-state index contributed by atoms with van der Waals surface area (Å²) in [6.07, 6.45) is 0. The van der Waals surface area contributed by atoms with E-state index in [9.17, 15) is 4.39 Å². The molecule has 1 rings (SSSR count). The van der Waals surface area contributed by atoms with Crippen molar-refractivity contribution < 1.29 is 9.13 Å². The molecule has 0 N–H and O–H groups in total. The molecule has 0 aliphatic heterocycles. The summed E-state index contributed by atoms with van der Waals surface area (Å²) in [6, 6.07) is 4.46. The monoisotopic (exact) mass is 256 g/mol. The molecule has 3 heteroatoms.